The summed E-state index contributed by atoms with van der Waals surface area (Å²) in [7, 11) is 1.44. The van der Waals surface area contributed by atoms with Crippen LogP contribution in [0.5, 0.6) is 23.0 Å². The van der Waals surface area contributed by atoms with Gasteiger partial charge in [-0.1, -0.05) is 12.1 Å². The number of aliphatic hydroxyl groups excluding tert-OH is 5. The number of rotatable bonds is 8. The first kappa shape index (κ1) is 25.5. The molecule has 1 fully saturated rings. The van der Waals surface area contributed by atoms with E-state index in [0.717, 1.165) is 5.56 Å². The maximum Gasteiger partial charge on any atom is 0.229 e. The highest BCUT2D eigenvalue weighted by Crippen LogP contribution is 2.51. The topological polar surface area (TPSA) is 158 Å². The second-order valence-corrected chi connectivity index (χ2v) is 8.90. The molecule has 0 aromatic heterocycles. The molecule has 7 atom stereocenters. The van der Waals surface area contributed by atoms with Crippen molar-refractivity contribution in [3.63, 3.8) is 0 Å². The molecular weight excluding hydrogens is 460 g/mol. The van der Waals surface area contributed by atoms with Gasteiger partial charge >= 0.3 is 0 Å². The lowest BCUT2D eigenvalue weighted by molar-refractivity contribution is -0.268. The van der Waals surface area contributed by atoms with Crippen molar-refractivity contribution in [3.05, 3.63) is 47.0 Å². The van der Waals surface area contributed by atoms with Gasteiger partial charge in [0.25, 0.3) is 0 Å². The Morgan fingerprint density at radius 3 is 2.43 bits per heavy atom. The minimum atomic E-state index is -1.47. The first-order chi connectivity index (χ1) is 16.8. The summed E-state index contributed by atoms with van der Waals surface area (Å²) in [6.45, 7) is 1.38. The molecule has 2 aliphatic rings. The van der Waals surface area contributed by atoms with Crippen LogP contribution < -0.4 is 14.2 Å². The standard InChI is InChI=1S/C25H32O10/c1-12-20(29)21(30)22(31)25(33-12)34-18-6-5-14(10-19(18)32-2)23-16(11-27)15-8-13(4-3-7-26)9-17(28)24(15)35-23/h5-6,8-10,12,16,20-23,25-31H,3-4,7,11H2,1-2H3/t12-,16-,20+,21-,22-,23-,25+/m1/s1. The fourth-order valence-electron chi connectivity index (χ4n) is 4.59. The van der Waals surface area contributed by atoms with Crippen LogP contribution in [0.3, 0.4) is 0 Å². The van der Waals surface area contributed by atoms with Crippen LogP contribution in [0.4, 0.5) is 0 Å². The zero-order chi connectivity index (χ0) is 25.3. The molecular formula is C25H32O10. The van der Waals surface area contributed by atoms with Crippen LogP contribution in [0.25, 0.3) is 0 Å². The number of phenolic OH excluding ortho intramolecular Hbond substituents is 1. The summed E-state index contributed by atoms with van der Waals surface area (Å²) in [5, 5.41) is 60.0. The van der Waals surface area contributed by atoms with Gasteiger partial charge in [-0.05, 0) is 49.1 Å². The Labute approximate surface area is 202 Å². The van der Waals surface area contributed by atoms with Crippen LogP contribution in [-0.2, 0) is 11.2 Å². The van der Waals surface area contributed by atoms with Crippen LogP contribution in [0.15, 0.2) is 30.3 Å². The predicted octanol–water partition coefficient (Wildman–Crippen LogP) is 0.742. The lowest BCUT2D eigenvalue weighted by Gasteiger charge is -2.39. The first-order valence-corrected chi connectivity index (χ1v) is 11.6. The van der Waals surface area contributed by atoms with E-state index in [-0.39, 0.29) is 24.7 Å². The van der Waals surface area contributed by atoms with Gasteiger partial charge < -0.3 is 49.6 Å². The minimum absolute atomic E-state index is 0.0263. The zero-order valence-electron chi connectivity index (χ0n) is 19.6. The molecule has 2 aromatic rings. The molecule has 6 N–H and O–H groups in total. The van der Waals surface area contributed by atoms with Gasteiger partial charge in [0.05, 0.1) is 25.7 Å². The normalized spacial score (nSPS) is 30.0. The Balaban J connectivity index is 1.58. The molecule has 10 nitrogen and oxygen atoms in total. The highest BCUT2D eigenvalue weighted by Gasteiger charge is 2.43. The number of benzene rings is 2. The number of aryl methyl sites for hydroxylation is 1. The van der Waals surface area contributed by atoms with Crippen molar-refractivity contribution in [2.24, 2.45) is 0 Å². The smallest absolute Gasteiger partial charge is 0.229 e. The summed E-state index contributed by atoms with van der Waals surface area (Å²) in [5.41, 5.74) is 2.19. The van der Waals surface area contributed by atoms with Crippen LogP contribution >= 0.6 is 0 Å². The van der Waals surface area contributed by atoms with Crippen molar-refractivity contribution < 1.29 is 49.6 Å². The van der Waals surface area contributed by atoms with E-state index in [1.54, 1.807) is 31.2 Å². The molecule has 2 heterocycles. The van der Waals surface area contributed by atoms with Crippen LogP contribution in [-0.4, -0.2) is 81.7 Å². The summed E-state index contributed by atoms with van der Waals surface area (Å²) in [5.74, 6) is 0.377. The van der Waals surface area contributed by atoms with Crippen molar-refractivity contribution in [3.8, 4) is 23.0 Å². The molecule has 1 saturated heterocycles. The molecule has 2 aromatic carbocycles. The number of hydrogen-bond donors (Lipinski definition) is 6. The summed E-state index contributed by atoms with van der Waals surface area (Å²) in [6, 6.07) is 8.46. The molecule has 0 unspecified atom stereocenters. The molecule has 10 heteroatoms. The first-order valence-electron chi connectivity index (χ1n) is 11.6. The van der Waals surface area contributed by atoms with Crippen LogP contribution in [0.1, 0.15) is 42.1 Å². The number of methoxy groups -OCH3 is 1. The number of aromatic hydroxyl groups is 1. The lowest BCUT2D eigenvalue weighted by Crippen LogP contribution is -2.58. The second kappa shape index (κ2) is 10.6. The monoisotopic (exact) mass is 492 g/mol. The van der Waals surface area contributed by atoms with Gasteiger partial charge in [0.2, 0.25) is 6.29 Å². The Morgan fingerprint density at radius 2 is 1.74 bits per heavy atom. The number of aliphatic hydroxyl groups is 5. The van der Waals surface area contributed by atoms with Gasteiger partial charge in [0.1, 0.15) is 24.4 Å². The van der Waals surface area contributed by atoms with Crippen molar-refractivity contribution in [2.45, 2.75) is 62.5 Å². The Bertz CT molecular complexity index is 1030. The van der Waals surface area contributed by atoms with Crippen molar-refractivity contribution in [1.29, 1.82) is 0 Å². The maximum absolute atomic E-state index is 10.5. The Kier molecular flexibility index (Phi) is 7.70. The fraction of sp³-hybridized carbons (Fsp3) is 0.520. The van der Waals surface area contributed by atoms with Crippen molar-refractivity contribution >= 4 is 0 Å². The lowest BCUT2D eigenvalue weighted by atomic mass is 9.90. The molecule has 192 valence electrons. The molecule has 0 amide bonds. The zero-order valence-corrected chi connectivity index (χ0v) is 19.6. The van der Waals surface area contributed by atoms with E-state index < -0.39 is 42.7 Å². The third-order valence-electron chi connectivity index (χ3n) is 6.56. The Morgan fingerprint density at radius 1 is 0.971 bits per heavy atom. The molecule has 0 saturated carbocycles. The summed E-state index contributed by atoms with van der Waals surface area (Å²) in [4.78, 5) is 0. The second-order valence-electron chi connectivity index (χ2n) is 8.90. The molecule has 0 bridgehead atoms. The van der Waals surface area contributed by atoms with E-state index in [9.17, 15) is 25.5 Å². The minimum Gasteiger partial charge on any atom is -0.504 e. The largest absolute Gasteiger partial charge is 0.504 e. The third kappa shape index (κ3) is 4.90. The Hall–Kier alpha value is -2.60. The number of phenols is 1. The average molecular weight is 493 g/mol. The highest BCUT2D eigenvalue weighted by molar-refractivity contribution is 5.55. The van der Waals surface area contributed by atoms with E-state index in [1.165, 1.54) is 7.11 Å². The van der Waals surface area contributed by atoms with E-state index in [2.05, 4.69) is 0 Å². The third-order valence-corrected chi connectivity index (χ3v) is 6.56. The van der Waals surface area contributed by atoms with E-state index in [0.29, 0.717) is 35.5 Å². The molecule has 35 heavy (non-hydrogen) atoms. The van der Waals surface area contributed by atoms with Gasteiger partial charge in [0.15, 0.2) is 23.0 Å². The van der Waals surface area contributed by atoms with Gasteiger partial charge in [-0.25, -0.2) is 0 Å². The quantitative estimate of drug-likeness (QED) is 0.310. The van der Waals surface area contributed by atoms with Gasteiger partial charge in [-0.15, -0.1) is 0 Å². The number of ether oxygens (including phenoxy) is 4. The van der Waals surface area contributed by atoms with Crippen LogP contribution in [0.2, 0.25) is 0 Å². The molecule has 0 radical (unpaired) electrons. The van der Waals surface area contributed by atoms with E-state index >= 15 is 0 Å². The summed E-state index contributed by atoms with van der Waals surface area (Å²) >= 11 is 0. The summed E-state index contributed by atoms with van der Waals surface area (Å²) < 4.78 is 22.8. The molecule has 0 spiro atoms. The molecule has 4 rings (SSSR count). The van der Waals surface area contributed by atoms with Crippen molar-refractivity contribution in [2.75, 3.05) is 20.3 Å². The van der Waals surface area contributed by atoms with Gasteiger partial charge in [0, 0.05) is 12.2 Å². The van der Waals surface area contributed by atoms with Gasteiger partial charge in [-0.2, -0.15) is 0 Å². The van der Waals surface area contributed by atoms with Gasteiger partial charge in [-0.3, -0.25) is 0 Å². The van der Waals surface area contributed by atoms with E-state index in [4.69, 9.17) is 24.1 Å². The molecule has 2 aliphatic heterocycles. The number of fused-ring (bicyclic) bond motifs is 1. The number of hydrogen-bond acceptors (Lipinski definition) is 10. The van der Waals surface area contributed by atoms with Crippen LogP contribution in [0, 0.1) is 0 Å². The fourth-order valence-corrected chi connectivity index (χ4v) is 4.59. The summed E-state index contributed by atoms with van der Waals surface area (Å²) in [6.07, 6.45) is -5.60. The molecule has 0 aliphatic carbocycles. The highest BCUT2D eigenvalue weighted by atomic mass is 16.7. The van der Waals surface area contributed by atoms with Crippen molar-refractivity contribution in [1.82, 2.24) is 0 Å². The average Bonchev–Trinajstić information content (AvgIpc) is 3.24. The van der Waals surface area contributed by atoms with E-state index in [1.807, 2.05) is 6.07 Å². The SMILES string of the molecule is COc1cc([C@H]2Oc3c(O)cc(CCCO)cc3[C@H]2CO)ccc1O[C@@H]1O[C@H](C)[C@H](O)[C@@H](O)[C@H]1O. The predicted molar refractivity (Wildman–Crippen MR) is 123 cm³/mol. The maximum atomic E-state index is 10.5.